The van der Waals surface area contributed by atoms with E-state index in [1.807, 2.05) is 48.5 Å². The van der Waals surface area contributed by atoms with Gasteiger partial charge in [-0.2, -0.15) is 26.3 Å². The summed E-state index contributed by atoms with van der Waals surface area (Å²) < 4.78 is 87.0. The van der Waals surface area contributed by atoms with Crippen molar-refractivity contribution in [1.82, 2.24) is 9.88 Å². The molecule has 1 unspecified atom stereocenters. The maximum Gasteiger partial charge on any atom is 0.416 e. The molecule has 2 bridgehead atoms. The Hall–Kier alpha value is -4.00. The van der Waals surface area contributed by atoms with E-state index in [1.165, 1.54) is 0 Å². The molecule has 0 aliphatic carbocycles. The lowest BCUT2D eigenvalue weighted by atomic mass is 9.73. The standard InChI is InChI=1S/C35H32F6N4OS/c1-2-22-19-45-13-11-23(22)14-31(45)32(46-20-21-6-4-3-5-7-21)28-10-12-42-30-9-8-26(18-29(28)30)43-33(47)44-27-16-24(34(36,37)38)15-25(17-27)35(39,40)41/h2-10,12,15-18,22-23,31-32H,1,11,13-14,19-20H2,(H2,43,44,47)/t22-,23-,31+,32+/m0/s1. The zero-order chi connectivity index (χ0) is 33.3. The molecule has 5 nitrogen and oxygen atoms in total. The monoisotopic (exact) mass is 670 g/mol. The van der Waals surface area contributed by atoms with Crippen LogP contribution < -0.4 is 10.6 Å². The molecule has 246 valence electrons. The van der Waals surface area contributed by atoms with Crippen molar-refractivity contribution in [2.45, 2.75) is 43.9 Å². The van der Waals surface area contributed by atoms with Gasteiger partial charge in [0.2, 0.25) is 0 Å². The number of halogens is 6. The molecular weight excluding hydrogens is 638 g/mol. The molecule has 0 saturated carbocycles. The number of thiocarbonyl (C=S) groups is 1. The lowest BCUT2D eigenvalue weighted by Crippen LogP contribution is -2.55. The molecule has 3 fully saturated rings. The fourth-order valence-corrected chi connectivity index (χ4v) is 6.91. The molecule has 3 aliphatic rings. The Labute approximate surface area is 273 Å². The summed E-state index contributed by atoms with van der Waals surface area (Å²) in [6.45, 7) is 6.32. The number of nitrogens with zero attached hydrogens (tertiary/aromatic N) is 2. The van der Waals surface area contributed by atoms with Gasteiger partial charge in [0.15, 0.2) is 5.11 Å². The van der Waals surface area contributed by atoms with E-state index in [2.05, 4.69) is 27.1 Å². The van der Waals surface area contributed by atoms with E-state index in [0.29, 0.717) is 41.8 Å². The molecule has 3 saturated heterocycles. The number of aromatic nitrogens is 1. The average molecular weight is 671 g/mol. The van der Waals surface area contributed by atoms with Crippen molar-refractivity contribution in [3.05, 3.63) is 114 Å². The summed E-state index contributed by atoms with van der Waals surface area (Å²) in [5.74, 6) is 0.935. The van der Waals surface area contributed by atoms with Crippen LogP contribution in [0.1, 0.15) is 41.2 Å². The van der Waals surface area contributed by atoms with Crippen LogP contribution >= 0.6 is 12.2 Å². The number of alkyl halides is 6. The van der Waals surface area contributed by atoms with E-state index >= 15 is 0 Å². The number of nitrogens with one attached hydrogen (secondary N) is 2. The third-order valence-corrected chi connectivity index (χ3v) is 9.17. The van der Waals surface area contributed by atoms with Crippen LogP contribution in [0.5, 0.6) is 0 Å². The van der Waals surface area contributed by atoms with Crippen LogP contribution in [0.25, 0.3) is 10.9 Å². The highest BCUT2D eigenvalue weighted by molar-refractivity contribution is 7.80. The first-order chi connectivity index (χ1) is 22.4. The Kier molecular flexibility index (Phi) is 9.28. The van der Waals surface area contributed by atoms with Crippen molar-refractivity contribution in [3.63, 3.8) is 0 Å². The number of pyridine rings is 1. The van der Waals surface area contributed by atoms with Crippen molar-refractivity contribution < 1.29 is 31.1 Å². The predicted molar refractivity (Wildman–Crippen MR) is 174 cm³/mol. The molecule has 12 heteroatoms. The van der Waals surface area contributed by atoms with Gasteiger partial charge in [-0.3, -0.25) is 9.88 Å². The van der Waals surface area contributed by atoms with Gasteiger partial charge in [0, 0.05) is 35.5 Å². The molecule has 7 rings (SSSR count). The first-order valence-corrected chi connectivity index (χ1v) is 15.6. The van der Waals surface area contributed by atoms with Gasteiger partial charge in [0.1, 0.15) is 0 Å². The van der Waals surface area contributed by atoms with Crippen molar-refractivity contribution in [3.8, 4) is 0 Å². The van der Waals surface area contributed by atoms with Gasteiger partial charge >= 0.3 is 12.4 Å². The molecule has 4 heterocycles. The van der Waals surface area contributed by atoms with Gasteiger partial charge in [0.25, 0.3) is 0 Å². The summed E-state index contributed by atoms with van der Waals surface area (Å²) in [5, 5.41) is 6.01. The summed E-state index contributed by atoms with van der Waals surface area (Å²) in [5.41, 5.74) is -0.174. The van der Waals surface area contributed by atoms with Crippen molar-refractivity contribution in [1.29, 1.82) is 0 Å². The summed E-state index contributed by atoms with van der Waals surface area (Å²) in [6.07, 6.45) is -4.42. The van der Waals surface area contributed by atoms with Gasteiger partial charge in [-0.15, -0.1) is 6.58 Å². The minimum absolute atomic E-state index is 0.0715. The summed E-state index contributed by atoms with van der Waals surface area (Å²) in [6, 6.07) is 18.5. The van der Waals surface area contributed by atoms with Crippen LogP contribution in [0.4, 0.5) is 37.7 Å². The molecule has 0 amide bonds. The number of fused-ring (bicyclic) bond motifs is 4. The lowest BCUT2D eigenvalue weighted by molar-refractivity contribution is -0.143. The highest BCUT2D eigenvalue weighted by Gasteiger charge is 2.43. The predicted octanol–water partition coefficient (Wildman–Crippen LogP) is 9.24. The van der Waals surface area contributed by atoms with E-state index in [4.69, 9.17) is 17.0 Å². The Balaban J connectivity index is 1.29. The lowest BCUT2D eigenvalue weighted by Gasteiger charge is -2.51. The zero-order valence-corrected chi connectivity index (χ0v) is 25.9. The van der Waals surface area contributed by atoms with Crippen molar-refractivity contribution in [2.75, 3.05) is 23.7 Å². The molecule has 3 aromatic carbocycles. The first kappa shape index (κ1) is 32.9. The topological polar surface area (TPSA) is 49.4 Å². The van der Waals surface area contributed by atoms with Crippen molar-refractivity contribution in [2.24, 2.45) is 11.8 Å². The van der Waals surface area contributed by atoms with E-state index in [0.717, 1.165) is 42.4 Å². The van der Waals surface area contributed by atoms with E-state index in [9.17, 15) is 26.3 Å². The number of ether oxygens (including phenoxy) is 1. The summed E-state index contributed by atoms with van der Waals surface area (Å²) in [4.78, 5) is 7.01. The molecule has 3 aliphatic heterocycles. The average Bonchev–Trinajstić information content (AvgIpc) is 3.04. The Morgan fingerprint density at radius 1 is 0.957 bits per heavy atom. The van der Waals surface area contributed by atoms with Gasteiger partial charge in [-0.05, 0) is 97.0 Å². The Morgan fingerprint density at radius 2 is 1.66 bits per heavy atom. The minimum atomic E-state index is -4.98. The summed E-state index contributed by atoms with van der Waals surface area (Å²) >= 11 is 5.32. The first-order valence-electron chi connectivity index (χ1n) is 15.2. The third-order valence-electron chi connectivity index (χ3n) is 8.96. The molecule has 1 aromatic heterocycles. The van der Waals surface area contributed by atoms with E-state index < -0.39 is 29.2 Å². The van der Waals surface area contributed by atoms with E-state index in [1.54, 1.807) is 18.3 Å². The van der Waals surface area contributed by atoms with Crippen LogP contribution in [0.15, 0.2) is 91.6 Å². The second-order valence-electron chi connectivity index (χ2n) is 12.0. The molecule has 0 radical (unpaired) electrons. The number of benzene rings is 3. The smallest absolute Gasteiger partial charge is 0.367 e. The normalized spacial score (nSPS) is 21.7. The highest BCUT2D eigenvalue weighted by Crippen LogP contribution is 2.44. The Morgan fingerprint density at radius 3 is 2.30 bits per heavy atom. The quantitative estimate of drug-likeness (QED) is 0.111. The van der Waals surface area contributed by atoms with Crippen LogP contribution in [0, 0.1) is 11.8 Å². The number of anilines is 2. The summed E-state index contributed by atoms with van der Waals surface area (Å²) in [7, 11) is 0. The molecular formula is C35H32F6N4OS. The Bertz CT molecular complexity index is 1730. The van der Waals surface area contributed by atoms with Crippen LogP contribution in [-0.4, -0.2) is 34.1 Å². The number of rotatable bonds is 8. The molecule has 4 aromatic rings. The zero-order valence-electron chi connectivity index (χ0n) is 25.1. The van der Waals surface area contributed by atoms with Crippen molar-refractivity contribution >= 4 is 39.6 Å². The number of hydrogen-bond donors (Lipinski definition) is 2. The molecule has 5 atom stereocenters. The van der Waals surface area contributed by atoms with E-state index in [-0.39, 0.29) is 23.3 Å². The molecule has 47 heavy (non-hydrogen) atoms. The van der Waals surface area contributed by atoms with Gasteiger partial charge < -0.3 is 15.4 Å². The fraction of sp³-hybridized carbons (Fsp3) is 0.314. The molecule has 0 spiro atoms. The van der Waals surface area contributed by atoms with Crippen LogP contribution in [-0.2, 0) is 23.7 Å². The SMILES string of the molecule is C=C[C@H]1CN2CC[C@H]1C[C@@H]2[C@H](OCc1ccccc1)c1ccnc2ccc(NC(=S)Nc3cc(C(F)(F)F)cc(C(F)(F)F)c3)cc12. The second-order valence-corrected chi connectivity index (χ2v) is 12.4. The largest absolute Gasteiger partial charge is 0.416 e. The third kappa shape index (κ3) is 7.45. The number of hydrogen-bond acceptors (Lipinski definition) is 4. The minimum Gasteiger partial charge on any atom is -0.367 e. The molecule has 2 N–H and O–H groups in total. The van der Waals surface area contributed by atoms with Crippen LogP contribution in [0.2, 0.25) is 0 Å². The van der Waals surface area contributed by atoms with Gasteiger partial charge in [0.05, 0.1) is 29.4 Å². The van der Waals surface area contributed by atoms with Crippen LogP contribution in [0.3, 0.4) is 0 Å². The number of piperidine rings is 3. The highest BCUT2D eigenvalue weighted by atomic mass is 32.1. The maximum absolute atomic E-state index is 13.4. The van der Waals surface area contributed by atoms with Gasteiger partial charge in [-0.25, -0.2) is 0 Å². The maximum atomic E-state index is 13.4. The fourth-order valence-electron chi connectivity index (χ4n) is 6.67. The second kappa shape index (κ2) is 13.2. The van der Waals surface area contributed by atoms with Gasteiger partial charge in [-0.1, -0.05) is 36.4 Å².